The number of hydrogen-bond acceptors (Lipinski definition) is 5. The number of hydrogen-bond donors (Lipinski definition) is 2. The van der Waals surface area contributed by atoms with Gasteiger partial charge >= 0.3 is 0 Å². The van der Waals surface area contributed by atoms with E-state index in [1.807, 2.05) is 13.8 Å². The zero-order chi connectivity index (χ0) is 13.7. The number of thioether (sulfide) groups is 1. The van der Waals surface area contributed by atoms with Gasteiger partial charge in [0.1, 0.15) is 5.82 Å². The molecule has 1 atom stereocenters. The molecule has 6 nitrogen and oxygen atoms in total. The van der Waals surface area contributed by atoms with Gasteiger partial charge in [0.2, 0.25) is 11.1 Å². The molecule has 0 saturated carbocycles. The van der Waals surface area contributed by atoms with E-state index in [-0.39, 0.29) is 23.4 Å². The van der Waals surface area contributed by atoms with Crippen LogP contribution in [-0.4, -0.2) is 38.7 Å². The van der Waals surface area contributed by atoms with E-state index in [0.29, 0.717) is 11.0 Å². The lowest BCUT2D eigenvalue weighted by atomic mass is 10.0. The number of nitrogens with zero attached hydrogens (tertiary/aromatic N) is 2. The molecular weight excluding hydrogens is 252 g/mol. The maximum absolute atomic E-state index is 11.7. The van der Waals surface area contributed by atoms with Gasteiger partial charge in [-0.3, -0.25) is 14.7 Å². The highest BCUT2D eigenvalue weighted by molar-refractivity contribution is 7.99. The van der Waals surface area contributed by atoms with Crippen LogP contribution < -0.4 is 5.32 Å². The predicted molar refractivity (Wildman–Crippen MR) is 69.3 cm³/mol. The Kier molecular flexibility index (Phi) is 5.33. The standard InChI is InChI=1S/C11H18N4O2S/c1-6(2)10(7(3)16)13-9(17)5-18-11-12-8(4)14-15-11/h6,10H,5H2,1-4H3,(H,13,17)(H,12,14,15). The molecule has 0 bridgehead atoms. The minimum Gasteiger partial charge on any atom is -0.345 e. The monoisotopic (exact) mass is 270 g/mol. The van der Waals surface area contributed by atoms with Crippen LogP contribution in [0.15, 0.2) is 5.16 Å². The van der Waals surface area contributed by atoms with Crippen molar-refractivity contribution >= 4 is 23.5 Å². The van der Waals surface area contributed by atoms with Crippen molar-refractivity contribution in [1.29, 1.82) is 0 Å². The summed E-state index contributed by atoms with van der Waals surface area (Å²) >= 11 is 1.24. The largest absolute Gasteiger partial charge is 0.345 e. The van der Waals surface area contributed by atoms with E-state index in [9.17, 15) is 9.59 Å². The molecule has 1 unspecified atom stereocenters. The Bertz CT molecular complexity index is 430. The Morgan fingerprint density at radius 3 is 2.56 bits per heavy atom. The molecule has 1 aromatic rings. The van der Waals surface area contributed by atoms with E-state index in [0.717, 1.165) is 0 Å². The molecule has 1 rings (SSSR count). The summed E-state index contributed by atoms with van der Waals surface area (Å²) in [6, 6.07) is -0.424. The second-order valence-electron chi connectivity index (χ2n) is 4.39. The molecule has 0 aliphatic carbocycles. The summed E-state index contributed by atoms with van der Waals surface area (Å²) in [7, 11) is 0. The van der Waals surface area contributed by atoms with Crippen molar-refractivity contribution in [3.05, 3.63) is 5.82 Å². The van der Waals surface area contributed by atoms with E-state index in [2.05, 4.69) is 20.5 Å². The fourth-order valence-corrected chi connectivity index (χ4v) is 2.12. The van der Waals surface area contributed by atoms with Crippen molar-refractivity contribution in [1.82, 2.24) is 20.5 Å². The van der Waals surface area contributed by atoms with Crippen molar-refractivity contribution < 1.29 is 9.59 Å². The number of aromatic amines is 1. The molecule has 1 amide bonds. The fraction of sp³-hybridized carbons (Fsp3) is 0.636. The highest BCUT2D eigenvalue weighted by atomic mass is 32.2. The summed E-state index contributed by atoms with van der Waals surface area (Å²) in [5.74, 6) is 0.783. The molecule has 18 heavy (non-hydrogen) atoms. The number of aromatic nitrogens is 3. The SMILES string of the molecule is CC(=O)C(NC(=O)CSc1n[nH]c(C)n1)C(C)C. The van der Waals surface area contributed by atoms with Crippen molar-refractivity contribution in [3.8, 4) is 0 Å². The number of aryl methyl sites for hydroxylation is 1. The lowest BCUT2D eigenvalue weighted by molar-refractivity contribution is -0.126. The first-order valence-electron chi connectivity index (χ1n) is 5.71. The Morgan fingerprint density at radius 2 is 2.11 bits per heavy atom. The zero-order valence-corrected chi connectivity index (χ0v) is 11.8. The van der Waals surface area contributed by atoms with Gasteiger partial charge in [-0.05, 0) is 19.8 Å². The fourth-order valence-electron chi connectivity index (χ4n) is 1.47. The predicted octanol–water partition coefficient (Wildman–Crippen LogP) is 0.935. The molecule has 100 valence electrons. The zero-order valence-electron chi connectivity index (χ0n) is 11.0. The van der Waals surface area contributed by atoms with Gasteiger partial charge in [0.15, 0.2) is 5.78 Å². The second-order valence-corrected chi connectivity index (χ2v) is 5.33. The third-order valence-electron chi connectivity index (χ3n) is 2.33. The summed E-state index contributed by atoms with van der Waals surface area (Å²) in [6.45, 7) is 7.08. The smallest absolute Gasteiger partial charge is 0.231 e. The number of amides is 1. The first-order chi connectivity index (χ1) is 8.40. The van der Waals surface area contributed by atoms with Crippen LogP contribution in [0.2, 0.25) is 0 Å². The van der Waals surface area contributed by atoms with Crippen molar-refractivity contribution in [3.63, 3.8) is 0 Å². The third-order valence-corrected chi connectivity index (χ3v) is 3.18. The maximum atomic E-state index is 11.7. The van der Waals surface area contributed by atoms with E-state index in [1.165, 1.54) is 18.7 Å². The van der Waals surface area contributed by atoms with Gasteiger partial charge in [-0.1, -0.05) is 25.6 Å². The quantitative estimate of drug-likeness (QED) is 0.751. The van der Waals surface area contributed by atoms with Crippen LogP contribution in [0.25, 0.3) is 0 Å². The van der Waals surface area contributed by atoms with Crippen molar-refractivity contribution in [2.24, 2.45) is 5.92 Å². The highest BCUT2D eigenvalue weighted by Gasteiger charge is 2.20. The average Bonchev–Trinajstić information content (AvgIpc) is 2.68. The lowest BCUT2D eigenvalue weighted by Gasteiger charge is -2.19. The second kappa shape index (κ2) is 6.53. The molecule has 0 aliphatic rings. The molecule has 0 saturated heterocycles. The molecule has 1 aromatic heterocycles. The first kappa shape index (κ1) is 14.7. The van der Waals surface area contributed by atoms with Crippen LogP contribution in [0.5, 0.6) is 0 Å². The van der Waals surface area contributed by atoms with Crippen LogP contribution in [0.3, 0.4) is 0 Å². The molecule has 0 radical (unpaired) electrons. The molecule has 1 heterocycles. The minimum absolute atomic E-state index is 0.0305. The van der Waals surface area contributed by atoms with E-state index in [4.69, 9.17) is 0 Å². The minimum atomic E-state index is -0.424. The van der Waals surface area contributed by atoms with Gasteiger partial charge in [-0.25, -0.2) is 4.98 Å². The third kappa shape index (κ3) is 4.48. The van der Waals surface area contributed by atoms with Gasteiger partial charge < -0.3 is 5.32 Å². The van der Waals surface area contributed by atoms with Gasteiger partial charge in [0, 0.05) is 0 Å². The van der Waals surface area contributed by atoms with Crippen LogP contribution in [0.1, 0.15) is 26.6 Å². The summed E-state index contributed by atoms with van der Waals surface area (Å²) in [5, 5.41) is 9.87. The van der Waals surface area contributed by atoms with Crippen molar-refractivity contribution in [2.75, 3.05) is 5.75 Å². The van der Waals surface area contributed by atoms with E-state index >= 15 is 0 Å². The van der Waals surface area contributed by atoms with E-state index in [1.54, 1.807) is 6.92 Å². The molecule has 7 heteroatoms. The highest BCUT2D eigenvalue weighted by Crippen LogP contribution is 2.12. The number of Topliss-reactive ketones (excluding diaryl/α,β-unsaturated/α-hetero) is 1. The van der Waals surface area contributed by atoms with Gasteiger partial charge in [0.05, 0.1) is 11.8 Å². The summed E-state index contributed by atoms with van der Waals surface area (Å²) in [6.07, 6.45) is 0. The van der Waals surface area contributed by atoms with Crippen molar-refractivity contribution in [2.45, 2.75) is 38.9 Å². The Morgan fingerprint density at radius 1 is 1.44 bits per heavy atom. The van der Waals surface area contributed by atoms with Crippen LogP contribution in [-0.2, 0) is 9.59 Å². The number of ketones is 1. The van der Waals surface area contributed by atoms with E-state index < -0.39 is 6.04 Å². The number of nitrogens with one attached hydrogen (secondary N) is 2. The Labute approximate surface area is 110 Å². The molecule has 2 N–H and O–H groups in total. The Balaban J connectivity index is 2.43. The van der Waals surface area contributed by atoms with Gasteiger partial charge in [-0.15, -0.1) is 5.10 Å². The Hall–Kier alpha value is -1.37. The summed E-state index contributed by atoms with van der Waals surface area (Å²) in [4.78, 5) is 27.1. The number of rotatable bonds is 6. The molecule has 0 aliphatic heterocycles. The van der Waals surface area contributed by atoms with Crippen LogP contribution in [0.4, 0.5) is 0 Å². The normalized spacial score (nSPS) is 12.5. The topological polar surface area (TPSA) is 87.7 Å². The number of carbonyl (C=O) groups is 2. The average molecular weight is 270 g/mol. The maximum Gasteiger partial charge on any atom is 0.231 e. The molecular formula is C11H18N4O2S. The molecule has 0 spiro atoms. The molecule has 0 aromatic carbocycles. The number of H-pyrrole nitrogens is 1. The van der Waals surface area contributed by atoms with Gasteiger partial charge in [0.25, 0.3) is 0 Å². The first-order valence-corrected chi connectivity index (χ1v) is 6.70. The summed E-state index contributed by atoms with van der Waals surface area (Å²) < 4.78 is 0. The van der Waals surface area contributed by atoms with Crippen LogP contribution in [0, 0.1) is 12.8 Å². The van der Waals surface area contributed by atoms with Crippen LogP contribution >= 0.6 is 11.8 Å². The number of carbonyl (C=O) groups excluding carboxylic acids is 2. The van der Waals surface area contributed by atoms with Gasteiger partial charge in [-0.2, -0.15) is 0 Å². The summed E-state index contributed by atoms with van der Waals surface area (Å²) in [5.41, 5.74) is 0. The lowest BCUT2D eigenvalue weighted by Crippen LogP contribution is -2.44. The molecule has 0 fully saturated rings.